The molecule has 1 saturated heterocycles. The van der Waals surface area contributed by atoms with Gasteiger partial charge in [0.25, 0.3) is 0 Å². The molecule has 4 heteroatoms. The Morgan fingerprint density at radius 1 is 1.50 bits per heavy atom. The summed E-state index contributed by atoms with van der Waals surface area (Å²) in [6, 6.07) is 5.94. The lowest BCUT2D eigenvalue weighted by molar-refractivity contribution is 0.263. The number of rotatable bonds is 5. The minimum Gasteiger partial charge on any atom is -0.481 e. The summed E-state index contributed by atoms with van der Waals surface area (Å²) in [6.07, 6.45) is 1.31. The standard InChI is InChI=1S/C14H23N3O/c1-16-8-7-12(9-16)10-17(2)11-13-5-4-6-14(15-13)18-3/h4-6,12H,7-11H2,1-3H3. The highest BCUT2D eigenvalue weighted by molar-refractivity contribution is 5.15. The fourth-order valence-corrected chi connectivity index (χ4v) is 2.62. The molecule has 0 N–H and O–H groups in total. The van der Waals surface area contributed by atoms with Gasteiger partial charge >= 0.3 is 0 Å². The van der Waals surface area contributed by atoms with E-state index in [1.54, 1.807) is 7.11 Å². The summed E-state index contributed by atoms with van der Waals surface area (Å²) in [5.74, 6) is 1.49. The molecule has 1 aromatic heterocycles. The third-order valence-corrected chi connectivity index (χ3v) is 3.48. The van der Waals surface area contributed by atoms with E-state index in [4.69, 9.17) is 4.74 Å². The Hall–Kier alpha value is -1.13. The number of hydrogen-bond acceptors (Lipinski definition) is 4. The first kappa shape index (κ1) is 13.3. The highest BCUT2D eigenvalue weighted by atomic mass is 16.5. The molecule has 2 heterocycles. The van der Waals surface area contributed by atoms with E-state index in [2.05, 4.69) is 34.9 Å². The lowest BCUT2D eigenvalue weighted by Crippen LogP contribution is -2.27. The normalized spacial score (nSPS) is 20.6. The molecule has 18 heavy (non-hydrogen) atoms. The van der Waals surface area contributed by atoms with Crippen LogP contribution in [0.4, 0.5) is 0 Å². The van der Waals surface area contributed by atoms with Crippen LogP contribution >= 0.6 is 0 Å². The quantitative estimate of drug-likeness (QED) is 0.790. The smallest absolute Gasteiger partial charge is 0.213 e. The molecule has 1 aliphatic heterocycles. The van der Waals surface area contributed by atoms with Crippen LogP contribution in [0.5, 0.6) is 5.88 Å². The van der Waals surface area contributed by atoms with Gasteiger partial charge in [0.1, 0.15) is 0 Å². The number of methoxy groups -OCH3 is 1. The molecule has 0 spiro atoms. The zero-order valence-electron chi connectivity index (χ0n) is 11.6. The molecular formula is C14H23N3O. The van der Waals surface area contributed by atoms with Crippen molar-refractivity contribution in [2.24, 2.45) is 5.92 Å². The maximum Gasteiger partial charge on any atom is 0.213 e. The predicted molar refractivity (Wildman–Crippen MR) is 72.7 cm³/mol. The summed E-state index contributed by atoms with van der Waals surface area (Å²) in [4.78, 5) is 9.20. The minimum absolute atomic E-state index is 0.696. The van der Waals surface area contributed by atoms with Crippen molar-refractivity contribution in [2.45, 2.75) is 13.0 Å². The van der Waals surface area contributed by atoms with E-state index in [0.29, 0.717) is 5.88 Å². The van der Waals surface area contributed by atoms with Gasteiger partial charge in [-0.05, 0) is 39.0 Å². The molecule has 0 radical (unpaired) electrons. The number of hydrogen-bond donors (Lipinski definition) is 0. The third-order valence-electron chi connectivity index (χ3n) is 3.48. The molecule has 0 bridgehead atoms. The summed E-state index contributed by atoms with van der Waals surface area (Å²) in [6.45, 7) is 4.48. The Balaban J connectivity index is 1.84. The first-order chi connectivity index (χ1) is 8.67. The van der Waals surface area contributed by atoms with Crippen LogP contribution in [0.15, 0.2) is 18.2 Å². The van der Waals surface area contributed by atoms with Gasteiger partial charge in [0, 0.05) is 25.7 Å². The zero-order valence-corrected chi connectivity index (χ0v) is 11.6. The predicted octanol–water partition coefficient (Wildman–Crippen LogP) is 1.47. The Morgan fingerprint density at radius 3 is 3.00 bits per heavy atom. The average molecular weight is 249 g/mol. The van der Waals surface area contributed by atoms with Gasteiger partial charge in [-0.1, -0.05) is 6.07 Å². The summed E-state index contributed by atoms with van der Waals surface area (Å²) < 4.78 is 5.15. The van der Waals surface area contributed by atoms with E-state index in [1.807, 2.05) is 12.1 Å². The van der Waals surface area contributed by atoms with Crippen LogP contribution in [-0.2, 0) is 6.54 Å². The van der Waals surface area contributed by atoms with Crippen LogP contribution in [0.2, 0.25) is 0 Å². The second-order valence-electron chi connectivity index (χ2n) is 5.28. The van der Waals surface area contributed by atoms with Gasteiger partial charge in [-0.2, -0.15) is 0 Å². The van der Waals surface area contributed by atoms with Crippen LogP contribution in [0, 0.1) is 5.92 Å². The molecule has 1 atom stereocenters. The Morgan fingerprint density at radius 2 is 2.33 bits per heavy atom. The fraction of sp³-hybridized carbons (Fsp3) is 0.643. The van der Waals surface area contributed by atoms with Crippen molar-refractivity contribution in [2.75, 3.05) is 40.8 Å². The van der Waals surface area contributed by atoms with Gasteiger partial charge in [-0.15, -0.1) is 0 Å². The number of nitrogens with zero attached hydrogens (tertiary/aromatic N) is 3. The molecule has 100 valence electrons. The van der Waals surface area contributed by atoms with E-state index >= 15 is 0 Å². The van der Waals surface area contributed by atoms with Gasteiger partial charge in [0.2, 0.25) is 5.88 Å². The molecule has 0 saturated carbocycles. The van der Waals surface area contributed by atoms with Crippen LogP contribution in [0.25, 0.3) is 0 Å². The molecule has 2 rings (SSSR count). The molecule has 0 amide bonds. The third kappa shape index (κ3) is 3.68. The summed E-state index contributed by atoms with van der Waals surface area (Å²) in [7, 11) is 6.02. The van der Waals surface area contributed by atoms with E-state index in [0.717, 1.165) is 24.7 Å². The number of ether oxygens (including phenoxy) is 1. The number of likely N-dealkylation sites (tertiary alicyclic amines) is 1. The SMILES string of the molecule is COc1cccc(CN(C)CC2CCN(C)C2)n1. The first-order valence-corrected chi connectivity index (χ1v) is 6.54. The van der Waals surface area contributed by atoms with Crippen molar-refractivity contribution in [3.63, 3.8) is 0 Å². The van der Waals surface area contributed by atoms with Crippen LogP contribution in [0.3, 0.4) is 0 Å². The van der Waals surface area contributed by atoms with E-state index in [9.17, 15) is 0 Å². The zero-order chi connectivity index (χ0) is 13.0. The molecule has 1 unspecified atom stereocenters. The number of aromatic nitrogens is 1. The van der Waals surface area contributed by atoms with Crippen LogP contribution in [0.1, 0.15) is 12.1 Å². The van der Waals surface area contributed by atoms with E-state index < -0.39 is 0 Å². The van der Waals surface area contributed by atoms with Crippen molar-refractivity contribution < 1.29 is 4.74 Å². The lowest BCUT2D eigenvalue weighted by atomic mass is 10.1. The van der Waals surface area contributed by atoms with Crippen molar-refractivity contribution in [3.8, 4) is 5.88 Å². The molecular weight excluding hydrogens is 226 g/mol. The Labute approximate surface area is 110 Å². The van der Waals surface area contributed by atoms with Crippen LogP contribution < -0.4 is 4.74 Å². The maximum atomic E-state index is 5.15. The highest BCUT2D eigenvalue weighted by Gasteiger charge is 2.20. The minimum atomic E-state index is 0.696. The second kappa shape index (κ2) is 6.16. The summed E-state index contributed by atoms with van der Waals surface area (Å²) in [5.41, 5.74) is 1.07. The first-order valence-electron chi connectivity index (χ1n) is 6.54. The molecule has 1 aromatic rings. The topological polar surface area (TPSA) is 28.6 Å². The average Bonchev–Trinajstić information content (AvgIpc) is 2.74. The molecule has 1 fully saturated rings. The molecule has 0 aliphatic carbocycles. The van der Waals surface area contributed by atoms with Crippen LogP contribution in [-0.4, -0.2) is 55.6 Å². The number of pyridine rings is 1. The molecule has 4 nitrogen and oxygen atoms in total. The van der Waals surface area contributed by atoms with Crippen molar-refractivity contribution in [1.82, 2.24) is 14.8 Å². The van der Waals surface area contributed by atoms with Crippen molar-refractivity contribution >= 4 is 0 Å². The largest absolute Gasteiger partial charge is 0.481 e. The van der Waals surface area contributed by atoms with Crippen molar-refractivity contribution in [1.29, 1.82) is 0 Å². The van der Waals surface area contributed by atoms with Gasteiger partial charge in [0.05, 0.1) is 12.8 Å². The van der Waals surface area contributed by atoms with Gasteiger partial charge in [-0.25, -0.2) is 4.98 Å². The monoisotopic (exact) mass is 249 g/mol. The summed E-state index contributed by atoms with van der Waals surface area (Å²) >= 11 is 0. The van der Waals surface area contributed by atoms with E-state index in [1.165, 1.54) is 19.5 Å². The molecule has 1 aliphatic rings. The highest BCUT2D eigenvalue weighted by Crippen LogP contribution is 2.16. The van der Waals surface area contributed by atoms with Gasteiger partial charge in [-0.3, -0.25) is 0 Å². The Bertz CT molecular complexity index is 383. The van der Waals surface area contributed by atoms with E-state index in [-0.39, 0.29) is 0 Å². The van der Waals surface area contributed by atoms with Gasteiger partial charge in [0.15, 0.2) is 0 Å². The lowest BCUT2D eigenvalue weighted by Gasteiger charge is -2.20. The summed E-state index contributed by atoms with van der Waals surface area (Å²) in [5, 5.41) is 0. The fourth-order valence-electron chi connectivity index (χ4n) is 2.62. The Kier molecular flexibility index (Phi) is 4.55. The van der Waals surface area contributed by atoms with Crippen molar-refractivity contribution in [3.05, 3.63) is 23.9 Å². The van der Waals surface area contributed by atoms with Gasteiger partial charge < -0.3 is 14.5 Å². The second-order valence-corrected chi connectivity index (χ2v) is 5.28. The maximum absolute atomic E-state index is 5.15. The molecule has 0 aromatic carbocycles.